The highest BCUT2D eigenvalue weighted by Gasteiger charge is 2.23. The van der Waals surface area contributed by atoms with Crippen molar-refractivity contribution in [2.45, 2.75) is 52.2 Å². The third-order valence-electron chi connectivity index (χ3n) is 7.22. The number of pyridine rings is 1. The van der Waals surface area contributed by atoms with Gasteiger partial charge in [0.15, 0.2) is 0 Å². The molecule has 1 aliphatic rings. The van der Waals surface area contributed by atoms with Crippen LogP contribution in [-0.2, 0) is 26.3 Å². The molecular weight excluding hydrogens is 560 g/mol. The molecule has 0 atom stereocenters. The zero-order valence-electron chi connectivity index (χ0n) is 24.5. The van der Waals surface area contributed by atoms with Crippen molar-refractivity contribution in [3.8, 4) is 16.9 Å². The maximum Gasteiger partial charge on any atom is 0.264 e. The molecule has 3 aromatic rings. The van der Waals surface area contributed by atoms with Crippen LogP contribution in [0.25, 0.3) is 22.2 Å². The normalized spacial score (nSPS) is 14.8. The van der Waals surface area contributed by atoms with Crippen molar-refractivity contribution in [2.75, 3.05) is 32.6 Å². The standard InChI is InChI=1S/C29H40N4O6SSi/c1-21(34)32-14-11-22(12-15-32)19-39-26-10-13-30-28-27(26)25(18-33(28)20-38-16-17-41(3,4)5)23-6-8-24(9-7-23)29(35)31-40(2,36)37/h6-10,13,18,22H,11-12,14-17,19-20H2,1-5H3,(H,31,35). The number of ether oxygens (including phenoxy) is 2. The number of amides is 2. The summed E-state index contributed by atoms with van der Waals surface area (Å²) in [6, 6.07) is 9.70. The molecule has 0 saturated carbocycles. The average Bonchev–Trinajstić information content (AvgIpc) is 3.28. The Morgan fingerprint density at radius 3 is 2.39 bits per heavy atom. The molecule has 1 aromatic carbocycles. The highest BCUT2D eigenvalue weighted by atomic mass is 32.2. The van der Waals surface area contributed by atoms with Gasteiger partial charge in [0.2, 0.25) is 15.9 Å². The van der Waals surface area contributed by atoms with Crippen molar-refractivity contribution >= 4 is 40.9 Å². The van der Waals surface area contributed by atoms with Gasteiger partial charge in [0.25, 0.3) is 5.91 Å². The highest BCUT2D eigenvalue weighted by Crippen LogP contribution is 2.37. The lowest BCUT2D eigenvalue weighted by molar-refractivity contribution is -0.130. The first-order valence-corrected chi connectivity index (χ1v) is 19.5. The molecule has 1 saturated heterocycles. The Balaban J connectivity index is 1.61. The van der Waals surface area contributed by atoms with Gasteiger partial charge in [-0.1, -0.05) is 31.8 Å². The zero-order valence-corrected chi connectivity index (χ0v) is 26.3. The number of fused-ring (bicyclic) bond motifs is 1. The lowest BCUT2D eigenvalue weighted by Gasteiger charge is -2.31. The third kappa shape index (κ3) is 8.40. The predicted octanol–water partition coefficient (Wildman–Crippen LogP) is 4.34. The van der Waals surface area contributed by atoms with Crippen LogP contribution in [0.2, 0.25) is 25.7 Å². The van der Waals surface area contributed by atoms with Gasteiger partial charge in [0.05, 0.1) is 18.2 Å². The fourth-order valence-electron chi connectivity index (χ4n) is 4.82. The van der Waals surface area contributed by atoms with E-state index in [0.29, 0.717) is 31.6 Å². The number of hydrogen-bond donors (Lipinski definition) is 1. The first kappa shape index (κ1) is 30.7. The molecule has 1 N–H and O–H groups in total. The van der Waals surface area contributed by atoms with Crippen LogP contribution in [-0.4, -0.2) is 75.3 Å². The number of rotatable bonds is 11. The Morgan fingerprint density at radius 2 is 1.78 bits per heavy atom. The van der Waals surface area contributed by atoms with E-state index in [2.05, 4.69) is 24.6 Å². The van der Waals surface area contributed by atoms with E-state index in [1.54, 1.807) is 37.4 Å². The summed E-state index contributed by atoms with van der Waals surface area (Å²) in [6.45, 7) is 11.6. The van der Waals surface area contributed by atoms with Gasteiger partial charge >= 0.3 is 0 Å². The van der Waals surface area contributed by atoms with Crippen molar-refractivity contribution in [1.82, 2.24) is 19.2 Å². The molecule has 0 unspecified atom stereocenters. The lowest BCUT2D eigenvalue weighted by Crippen LogP contribution is -2.38. The van der Waals surface area contributed by atoms with Crippen LogP contribution in [0.1, 0.15) is 30.1 Å². The lowest BCUT2D eigenvalue weighted by atomic mass is 9.98. The van der Waals surface area contributed by atoms with E-state index < -0.39 is 24.0 Å². The first-order chi connectivity index (χ1) is 19.3. The number of piperidine rings is 1. The van der Waals surface area contributed by atoms with Gasteiger partial charge < -0.3 is 18.9 Å². The Labute approximate surface area is 243 Å². The number of hydrogen-bond acceptors (Lipinski definition) is 7. The smallest absolute Gasteiger partial charge is 0.264 e. The minimum Gasteiger partial charge on any atom is -0.492 e. The number of likely N-dealkylation sites (tertiary alicyclic amines) is 1. The maximum atomic E-state index is 12.3. The van der Waals surface area contributed by atoms with Crippen LogP contribution in [0.15, 0.2) is 42.7 Å². The van der Waals surface area contributed by atoms with E-state index in [9.17, 15) is 18.0 Å². The summed E-state index contributed by atoms with van der Waals surface area (Å²) >= 11 is 0. The fourth-order valence-corrected chi connectivity index (χ4v) is 6.03. The third-order valence-corrected chi connectivity index (χ3v) is 9.48. The summed E-state index contributed by atoms with van der Waals surface area (Å²) in [5.74, 6) is 0.479. The Morgan fingerprint density at radius 1 is 1.10 bits per heavy atom. The van der Waals surface area contributed by atoms with Crippen molar-refractivity contribution in [2.24, 2.45) is 5.92 Å². The zero-order chi connectivity index (χ0) is 29.8. The van der Waals surface area contributed by atoms with E-state index in [1.165, 1.54) is 0 Å². The highest BCUT2D eigenvalue weighted by molar-refractivity contribution is 7.89. The van der Waals surface area contributed by atoms with Gasteiger partial charge in [-0.2, -0.15) is 0 Å². The molecule has 222 valence electrons. The summed E-state index contributed by atoms with van der Waals surface area (Å²) in [6.07, 6.45) is 6.45. The fraction of sp³-hybridized carbons (Fsp3) is 0.483. The molecule has 12 heteroatoms. The summed E-state index contributed by atoms with van der Waals surface area (Å²) in [5, 5.41) is 0.843. The minimum absolute atomic E-state index is 0.109. The summed E-state index contributed by atoms with van der Waals surface area (Å²) < 4.78 is 39.4. The maximum absolute atomic E-state index is 12.3. The molecule has 4 rings (SSSR count). The van der Waals surface area contributed by atoms with Crippen LogP contribution in [0.3, 0.4) is 0 Å². The van der Waals surface area contributed by atoms with E-state index in [-0.39, 0.29) is 11.5 Å². The van der Waals surface area contributed by atoms with Crippen molar-refractivity contribution < 1.29 is 27.5 Å². The number of sulfonamides is 1. The molecule has 41 heavy (non-hydrogen) atoms. The monoisotopic (exact) mass is 600 g/mol. The van der Waals surface area contributed by atoms with E-state index >= 15 is 0 Å². The van der Waals surface area contributed by atoms with Gasteiger partial charge in [0.1, 0.15) is 18.1 Å². The molecule has 1 fully saturated rings. The van der Waals surface area contributed by atoms with Crippen LogP contribution in [0.4, 0.5) is 0 Å². The Bertz CT molecular complexity index is 1490. The number of nitrogens with zero attached hydrogens (tertiary/aromatic N) is 3. The largest absolute Gasteiger partial charge is 0.492 e. The van der Waals surface area contributed by atoms with Crippen LogP contribution in [0.5, 0.6) is 5.75 Å². The molecule has 0 aliphatic carbocycles. The van der Waals surface area contributed by atoms with E-state index in [4.69, 9.17) is 9.47 Å². The van der Waals surface area contributed by atoms with Gasteiger partial charge in [0, 0.05) is 58.2 Å². The van der Waals surface area contributed by atoms with Crippen molar-refractivity contribution in [3.05, 3.63) is 48.3 Å². The molecule has 0 radical (unpaired) electrons. The summed E-state index contributed by atoms with van der Waals surface area (Å²) in [4.78, 5) is 30.6. The summed E-state index contributed by atoms with van der Waals surface area (Å²) in [7, 11) is -4.90. The van der Waals surface area contributed by atoms with Crippen LogP contribution >= 0.6 is 0 Å². The first-order valence-electron chi connectivity index (χ1n) is 13.9. The molecule has 0 bridgehead atoms. The van der Waals surface area contributed by atoms with Crippen molar-refractivity contribution in [3.63, 3.8) is 0 Å². The number of carbonyl (C=O) groups is 2. The molecular formula is C29H40N4O6SSi. The molecule has 10 nitrogen and oxygen atoms in total. The number of aromatic nitrogens is 2. The van der Waals surface area contributed by atoms with E-state index in [1.807, 2.05) is 26.5 Å². The molecule has 1 aliphatic heterocycles. The molecule has 2 aromatic heterocycles. The number of nitrogens with one attached hydrogen (secondary N) is 1. The molecule has 3 heterocycles. The average molecular weight is 601 g/mol. The molecule has 2 amide bonds. The van der Waals surface area contributed by atoms with Crippen LogP contribution in [0, 0.1) is 5.92 Å². The van der Waals surface area contributed by atoms with Gasteiger partial charge in [-0.3, -0.25) is 9.59 Å². The van der Waals surface area contributed by atoms with Crippen molar-refractivity contribution in [1.29, 1.82) is 0 Å². The predicted molar refractivity (Wildman–Crippen MR) is 162 cm³/mol. The Hall–Kier alpha value is -3.22. The van der Waals surface area contributed by atoms with Crippen LogP contribution < -0.4 is 9.46 Å². The second-order valence-electron chi connectivity index (χ2n) is 11.9. The SMILES string of the molecule is CC(=O)N1CCC(COc2ccnc3c2c(-c2ccc(C(=O)NS(C)(=O)=O)cc2)cn3COCC[Si](C)(C)C)CC1. The van der Waals surface area contributed by atoms with E-state index in [0.717, 1.165) is 60.4 Å². The van der Waals surface area contributed by atoms with Gasteiger partial charge in [-0.05, 0) is 48.6 Å². The van der Waals surface area contributed by atoms with Gasteiger partial charge in [-0.25, -0.2) is 18.1 Å². The Kier molecular flexibility index (Phi) is 9.55. The summed E-state index contributed by atoms with van der Waals surface area (Å²) in [5.41, 5.74) is 2.68. The number of benzene rings is 1. The number of carbonyl (C=O) groups excluding carboxylic acids is 2. The second kappa shape index (κ2) is 12.7. The second-order valence-corrected chi connectivity index (χ2v) is 19.3. The van der Waals surface area contributed by atoms with Gasteiger partial charge in [-0.15, -0.1) is 0 Å². The molecule has 0 spiro atoms. The minimum atomic E-state index is -3.67. The quantitative estimate of drug-likeness (QED) is 0.257. The topological polar surface area (TPSA) is 120 Å².